The molecule has 0 spiro atoms. The van der Waals surface area contributed by atoms with Crippen molar-refractivity contribution in [2.24, 2.45) is 5.92 Å². The summed E-state index contributed by atoms with van der Waals surface area (Å²) in [5.41, 5.74) is 1.26. The molecule has 1 aliphatic rings. The molecule has 0 N–H and O–H groups in total. The van der Waals surface area contributed by atoms with Crippen LogP contribution in [0.4, 0.5) is 0 Å². The van der Waals surface area contributed by atoms with Crippen LogP contribution in [0.2, 0.25) is 0 Å². The zero-order valence-electron chi connectivity index (χ0n) is 12.6. The summed E-state index contributed by atoms with van der Waals surface area (Å²) in [7, 11) is 1.41. The molecular formula is C17H23NO3. The number of carbonyl (C=O) groups is 2. The fraction of sp³-hybridized carbons (Fsp3) is 0.529. The average molecular weight is 289 g/mol. The number of amides is 1. The van der Waals surface area contributed by atoms with Crippen LogP contribution < -0.4 is 0 Å². The summed E-state index contributed by atoms with van der Waals surface area (Å²) in [5, 5.41) is 0. The van der Waals surface area contributed by atoms with E-state index in [0.29, 0.717) is 13.0 Å². The van der Waals surface area contributed by atoms with Crippen LogP contribution in [0.3, 0.4) is 0 Å². The molecule has 1 aliphatic heterocycles. The number of piperidine rings is 1. The molecule has 1 saturated heterocycles. The van der Waals surface area contributed by atoms with Crippen molar-refractivity contribution in [2.45, 2.75) is 32.1 Å². The van der Waals surface area contributed by atoms with Gasteiger partial charge in [0.05, 0.1) is 13.0 Å². The first kappa shape index (κ1) is 15.5. The minimum absolute atomic E-state index is 0.151. The smallest absolute Gasteiger partial charge is 0.310 e. The zero-order chi connectivity index (χ0) is 15.1. The molecule has 0 radical (unpaired) electrons. The second kappa shape index (κ2) is 7.81. The van der Waals surface area contributed by atoms with Crippen molar-refractivity contribution in [3.63, 3.8) is 0 Å². The molecule has 4 nitrogen and oxygen atoms in total. The molecule has 21 heavy (non-hydrogen) atoms. The third kappa shape index (κ3) is 4.59. The molecule has 0 saturated carbocycles. The maximum atomic E-state index is 12.2. The van der Waals surface area contributed by atoms with E-state index < -0.39 is 0 Å². The van der Waals surface area contributed by atoms with Gasteiger partial charge in [0, 0.05) is 19.5 Å². The number of rotatable bonds is 5. The Morgan fingerprint density at radius 1 is 1.29 bits per heavy atom. The number of likely N-dealkylation sites (tertiary alicyclic amines) is 1. The average Bonchev–Trinajstić information content (AvgIpc) is 2.55. The Bertz CT molecular complexity index is 472. The van der Waals surface area contributed by atoms with Gasteiger partial charge in [0.25, 0.3) is 0 Å². The molecule has 0 aliphatic carbocycles. The Labute approximate surface area is 126 Å². The number of nitrogens with zero attached hydrogens (tertiary/aromatic N) is 1. The van der Waals surface area contributed by atoms with Crippen LogP contribution in [0.5, 0.6) is 0 Å². The van der Waals surface area contributed by atoms with Crippen LogP contribution in [-0.2, 0) is 20.7 Å². The van der Waals surface area contributed by atoms with Gasteiger partial charge < -0.3 is 9.64 Å². The van der Waals surface area contributed by atoms with Gasteiger partial charge in [0.15, 0.2) is 0 Å². The molecule has 1 aromatic carbocycles. The van der Waals surface area contributed by atoms with Crippen molar-refractivity contribution in [1.82, 2.24) is 4.90 Å². The summed E-state index contributed by atoms with van der Waals surface area (Å²) in [6.07, 6.45) is 4.01. The minimum Gasteiger partial charge on any atom is -0.469 e. The highest BCUT2D eigenvalue weighted by Gasteiger charge is 2.28. The number of benzene rings is 1. The summed E-state index contributed by atoms with van der Waals surface area (Å²) in [6, 6.07) is 10.2. The minimum atomic E-state index is -0.197. The largest absolute Gasteiger partial charge is 0.469 e. The van der Waals surface area contributed by atoms with E-state index in [0.717, 1.165) is 32.2 Å². The van der Waals surface area contributed by atoms with Crippen LogP contribution in [0.25, 0.3) is 0 Å². The number of hydrogen-bond donors (Lipinski definition) is 0. The maximum Gasteiger partial charge on any atom is 0.310 e. The number of aryl methyl sites for hydroxylation is 1. The highest BCUT2D eigenvalue weighted by atomic mass is 16.5. The summed E-state index contributed by atoms with van der Waals surface area (Å²) in [5.74, 6) is -0.196. The maximum absolute atomic E-state index is 12.2. The van der Waals surface area contributed by atoms with Gasteiger partial charge >= 0.3 is 5.97 Å². The van der Waals surface area contributed by atoms with E-state index in [9.17, 15) is 9.59 Å². The molecule has 1 heterocycles. The van der Waals surface area contributed by atoms with Gasteiger partial charge in [-0.15, -0.1) is 0 Å². The Balaban J connectivity index is 1.76. The summed E-state index contributed by atoms with van der Waals surface area (Å²) >= 11 is 0. The highest BCUT2D eigenvalue weighted by molar-refractivity contribution is 5.78. The van der Waals surface area contributed by atoms with E-state index in [1.165, 1.54) is 12.7 Å². The quantitative estimate of drug-likeness (QED) is 0.782. The second-order valence-electron chi connectivity index (χ2n) is 5.54. The van der Waals surface area contributed by atoms with Gasteiger partial charge in [-0.05, 0) is 31.2 Å². The Kier molecular flexibility index (Phi) is 5.78. The first-order chi connectivity index (χ1) is 10.2. The van der Waals surface area contributed by atoms with E-state index in [1.54, 1.807) is 0 Å². The van der Waals surface area contributed by atoms with Crippen LogP contribution in [0.1, 0.15) is 31.2 Å². The molecule has 1 amide bonds. The lowest BCUT2D eigenvalue weighted by molar-refractivity contribution is -0.149. The SMILES string of the molecule is COC(=O)C1CCCN(C(=O)CCCc2ccccc2)C1. The number of esters is 1. The fourth-order valence-electron chi connectivity index (χ4n) is 2.81. The van der Waals surface area contributed by atoms with Crippen LogP contribution in [0, 0.1) is 5.92 Å². The lowest BCUT2D eigenvalue weighted by Gasteiger charge is -2.31. The van der Waals surface area contributed by atoms with E-state index in [4.69, 9.17) is 4.74 Å². The van der Waals surface area contributed by atoms with Crippen molar-refractivity contribution in [3.05, 3.63) is 35.9 Å². The number of hydrogen-bond acceptors (Lipinski definition) is 3. The summed E-state index contributed by atoms with van der Waals surface area (Å²) in [6.45, 7) is 1.27. The first-order valence-corrected chi connectivity index (χ1v) is 7.60. The van der Waals surface area contributed by atoms with Crippen LogP contribution in [0.15, 0.2) is 30.3 Å². The fourth-order valence-corrected chi connectivity index (χ4v) is 2.81. The zero-order valence-corrected chi connectivity index (χ0v) is 12.6. The van der Waals surface area contributed by atoms with Crippen molar-refractivity contribution in [2.75, 3.05) is 20.2 Å². The molecule has 2 rings (SSSR count). The monoisotopic (exact) mass is 289 g/mol. The molecular weight excluding hydrogens is 266 g/mol. The van der Waals surface area contributed by atoms with E-state index in [1.807, 2.05) is 23.1 Å². The number of methoxy groups -OCH3 is 1. The van der Waals surface area contributed by atoms with E-state index in [-0.39, 0.29) is 17.8 Å². The lowest BCUT2D eigenvalue weighted by Crippen LogP contribution is -2.42. The van der Waals surface area contributed by atoms with Crippen LogP contribution >= 0.6 is 0 Å². The Hall–Kier alpha value is -1.84. The van der Waals surface area contributed by atoms with E-state index >= 15 is 0 Å². The molecule has 114 valence electrons. The van der Waals surface area contributed by atoms with Crippen molar-refractivity contribution in [1.29, 1.82) is 0 Å². The number of carbonyl (C=O) groups excluding carboxylic acids is 2. The van der Waals surface area contributed by atoms with Gasteiger partial charge in [-0.2, -0.15) is 0 Å². The van der Waals surface area contributed by atoms with Crippen LogP contribution in [-0.4, -0.2) is 37.0 Å². The molecule has 1 atom stereocenters. The van der Waals surface area contributed by atoms with E-state index in [2.05, 4.69) is 12.1 Å². The van der Waals surface area contributed by atoms with Gasteiger partial charge in [-0.1, -0.05) is 30.3 Å². The standard InChI is InChI=1S/C17H23NO3/c1-21-17(20)15-10-6-12-18(13-15)16(19)11-5-9-14-7-3-2-4-8-14/h2-4,7-8,15H,5-6,9-13H2,1H3. The summed E-state index contributed by atoms with van der Waals surface area (Å²) in [4.78, 5) is 25.6. The third-order valence-corrected chi connectivity index (χ3v) is 4.01. The lowest BCUT2D eigenvalue weighted by atomic mass is 9.97. The first-order valence-electron chi connectivity index (χ1n) is 7.60. The van der Waals surface area contributed by atoms with Gasteiger partial charge in [0.2, 0.25) is 5.91 Å². The summed E-state index contributed by atoms with van der Waals surface area (Å²) < 4.78 is 4.78. The molecule has 0 bridgehead atoms. The molecule has 0 aromatic heterocycles. The molecule has 1 unspecified atom stereocenters. The molecule has 1 aromatic rings. The topological polar surface area (TPSA) is 46.6 Å². The van der Waals surface area contributed by atoms with Gasteiger partial charge in [0.1, 0.15) is 0 Å². The Morgan fingerprint density at radius 3 is 2.76 bits per heavy atom. The highest BCUT2D eigenvalue weighted by Crippen LogP contribution is 2.19. The normalized spacial score (nSPS) is 18.3. The predicted octanol–water partition coefficient (Wildman–Crippen LogP) is 2.42. The predicted molar refractivity (Wildman–Crippen MR) is 80.7 cm³/mol. The second-order valence-corrected chi connectivity index (χ2v) is 5.54. The van der Waals surface area contributed by atoms with Crippen molar-refractivity contribution < 1.29 is 14.3 Å². The third-order valence-electron chi connectivity index (χ3n) is 4.01. The van der Waals surface area contributed by atoms with Crippen molar-refractivity contribution >= 4 is 11.9 Å². The van der Waals surface area contributed by atoms with Gasteiger partial charge in [-0.25, -0.2) is 0 Å². The van der Waals surface area contributed by atoms with Crippen molar-refractivity contribution in [3.8, 4) is 0 Å². The Morgan fingerprint density at radius 2 is 2.05 bits per heavy atom. The molecule has 1 fully saturated rings. The molecule has 4 heteroatoms. The van der Waals surface area contributed by atoms with Gasteiger partial charge in [-0.3, -0.25) is 9.59 Å². The number of ether oxygens (including phenoxy) is 1.